The highest BCUT2D eigenvalue weighted by Gasteiger charge is 2.54. The Morgan fingerprint density at radius 2 is 1.59 bits per heavy atom. The molecule has 3 rings (SSSR count). The van der Waals surface area contributed by atoms with Gasteiger partial charge in [0.25, 0.3) is 0 Å². The molecule has 0 aromatic carbocycles. The van der Waals surface area contributed by atoms with Crippen molar-refractivity contribution in [3.63, 3.8) is 0 Å². The third kappa shape index (κ3) is 12.4. The van der Waals surface area contributed by atoms with Crippen LogP contribution in [0.15, 0.2) is 5.16 Å². The van der Waals surface area contributed by atoms with Gasteiger partial charge in [-0.15, -0.1) is 0 Å². The van der Waals surface area contributed by atoms with Crippen molar-refractivity contribution in [3.05, 3.63) is 0 Å². The first-order valence-corrected chi connectivity index (χ1v) is 21.6. The molecule has 344 valence electrons. The topological polar surface area (TPSA) is 204 Å². The van der Waals surface area contributed by atoms with Gasteiger partial charge in [-0.1, -0.05) is 46.2 Å². The van der Waals surface area contributed by atoms with Crippen LogP contribution in [-0.2, 0) is 47.6 Å². The Labute approximate surface area is 352 Å². The highest BCUT2D eigenvalue weighted by atomic mass is 16.7. The number of hydrogen-bond acceptors (Lipinski definition) is 16. The number of carbonyl (C=O) groups is 2. The fourth-order valence-electron chi connectivity index (χ4n) is 9.31. The van der Waals surface area contributed by atoms with Crippen molar-refractivity contribution in [1.29, 1.82) is 0 Å². The minimum Gasteiger partial charge on any atom is -0.459 e. The van der Waals surface area contributed by atoms with Crippen LogP contribution in [-0.4, -0.2) is 155 Å². The summed E-state index contributed by atoms with van der Waals surface area (Å²) < 4.78 is 43.8. The first-order valence-electron chi connectivity index (χ1n) is 21.6. The highest BCUT2D eigenvalue weighted by molar-refractivity contribution is 5.88. The molecule has 0 bridgehead atoms. The molecule has 0 saturated carbocycles. The number of rotatable bonds is 12. The van der Waals surface area contributed by atoms with Crippen molar-refractivity contribution in [2.45, 2.75) is 206 Å². The average molecular weight is 847 g/mol. The highest BCUT2D eigenvalue weighted by Crippen LogP contribution is 2.41. The average Bonchev–Trinajstić information content (AvgIpc) is 3.15. The molecule has 16 heteroatoms. The molecule has 0 aromatic rings. The lowest BCUT2D eigenvalue weighted by molar-refractivity contribution is -0.318. The van der Waals surface area contributed by atoms with Crippen molar-refractivity contribution in [2.24, 2.45) is 28.8 Å². The van der Waals surface area contributed by atoms with Gasteiger partial charge in [0.1, 0.15) is 30.0 Å². The van der Waals surface area contributed by atoms with E-state index in [1.165, 1.54) is 21.0 Å². The number of aliphatic hydroxyl groups excluding tert-OH is 2. The Hall–Kier alpha value is -1.99. The molecule has 3 aliphatic heterocycles. The van der Waals surface area contributed by atoms with Crippen LogP contribution in [0.25, 0.3) is 0 Å². The molecular formula is C43H78N2O14. The molecular weight excluding hydrogens is 768 g/mol. The van der Waals surface area contributed by atoms with Crippen molar-refractivity contribution >= 4 is 17.7 Å². The van der Waals surface area contributed by atoms with E-state index < -0.39 is 108 Å². The molecule has 3 aliphatic rings. The van der Waals surface area contributed by atoms with Gasteiger partial charge in [-0.3, -0.25) is 9.59 Å². The monoisotopic (exact) mass is 847 g/mol. The van der Waals surface area contributed by atoms with Crippen LogP contribution in [0.5, 0.6) is 0 Å². The van der Waals surface area contributed by atoms with Crippen LogP contribution >= 0.6 is 0 Å². The molecule has 18 atom stereocenters. The van der Waals surface area contributed by atoms with Crippen LogP contribution < -0.4 is 0 Å². The second kappa shape index (κ2) is 21.4. The minimum atomic E-state index is -1.93. The second-order valence-electron chi connectivity index (χ2n) is 18.4. The normalized spacial score (nSPS) is 45.1. The van der Waals surface area contributed by atoms with Gasteiger partial charge in [0.05, 0.1) is 47.8 Å². The lowest BCUT2D eigenvalue weighted by Crippen LogP contribution is -2.61. The van der Waals surface area contributed by atoms with Crippen molar-refractivity contribution in [3.8, 4) is 0 Å². The van der Waals surface area contributed by atoms with Gasteiger partial charge in [-0.05, 0) is 81.3 Å². The number of oxime groups is 1. The van der Waals surface area contributed by atoms with Gasteiger partial charge in [0.2, 0.25) is 0 Å². The van der Waals surface area contributed by atoms with E-state index in [1.807, 2.05) is 39.8 Å². The van der Waals surface area contributed by atoms with Crippen LogP contribution in [0, 0.1) is 23.7 Å². The number of cyclic esters (lactones) is 1. The molecule has 3 heterocycles. The van der Waals surface area contributed by atoms with Gasteiger partial charge in [0.15, 0.2) is 18.7 Å². The second-order valence-corrected chi connectivity index (χ2v) is 18.4. The number of likely N-dealkylation sites (N-methyl/N-ethyl adjacent to an activating group) is 1. The van der Waals surface area contributed by atoms with E-state index in [4.69, 9.17) is 38.0 Å². The zero-order valence-corrected chi connectivity index (χ0v) is 38.4. The third-order valence-corrected chi connectivity index (χ3v) is 12.9. The third-order valence-electron chi connectivity index (χ3n) is 12.9. The standard InChI is InChI=1S/C43H78N2O14/c1-16-18-19-53-44-33-23(3)21-41(10,50)37(59-40-34(47)30(45(13)14)20-24(4)54-40)26(6)35(27(7)39(49)57-31(17-2)43(12,51)36(48)25(33)5)58-32-22-42(11,52-15)38(28(8)55-32)56-29(9)46/h23-28,30-32,34-38,40,47-48,50-51H,16-22H2,1-15H3/b44-33+/t23-,24-,25-,26+,27-,28+,30+,31+,32+,34-,35+,36-,37-,38+,40+,41?,42-,43-/m1/s1. The Bertz CT molecular complexity index is 1380. The van der Waals surface area contributed by atoms with E-state index in [9.17, 15) is 30.0 Å². The summed E-state index contributed by atoms with van der Waals surface area (Å²) in [6, 6.07) is -0.323. The van der Waals surface area contributed by atoms with Crippen LogP contribution in [0.4, 0.5) is 0 Å². The smallest absolute Gasteiger partial charge is 0.311 e. The summed E-state index contributed by atoms with van der Waals surface area (Å²) in [5.41, 5.74) is -4.34. The summed E-state index contributed by atoms with van der Waals surface area (Å²) in [5.74, 6) is -4.50. The lowest BCUT2D eigenvalue weighted by atomic mass is 9.73. The summed E-state index contributed by atoms with van der Waals surface area (Å²) in [5, 5.41) is 52.8. The molecule has 0 spiro atoms. The Morgan fingerprint density at radius 1 is 0.949 bits per heavy atom. The predicted octanol–water partition coefficient (Wildman–Crippen LogP) is 3.96. The molecule has 3 fully saturated rings. The van der Waals surface area contributed by atoms with E-state index >= 15 is 0 Å². The van der Waals surface area contributed by atoms with Crippen LogP contribution in [0.3, 0.4) is 0 Å². The van der Waals surface area contributed by atoms with E-state index in [0.717, 1.165) is 12.8 Å². The number of unbranched alkanes of at least 4 members (excludes halogenated alkanes) is 1. The fraction of sp³-hybridized carbons (Fsp3) is 0.930. The van der Waals surface area contributed by atoms with Gasteiger partial charge in [-0.25, -0.2) is 0 Å². The first-order chi connectivity index (χ1) is 27.4. The van der Waals surface area contributed by atoms with Crippen molar-refractivity contribution in [1.82, 2.24) is 4.90 Å². The largest absolute Gasteiger partial charge is 0.459 e. The molecule has 0 radical (unpaired) electrons. The summed E-state index contributed by atoms with van der Waals surface area (Å²) in [7, 11) is 5.24. The zero-order valence-electron chi connectivity index (χ0n) is 38.4. The summed E-state index contributed by atoms with van der Waals surface area (Å²) in [4.78, 5) is 34.2. The Kier molecular flexibility index (Phi) is 18.6. The summed E-state index contributed by atoms with van der Waals surface area (Å²) in [6.45, 7) is 20.9. The van der Waals surface area contributed by atoms with Crippen LogP contribution in [0.2, 0.25) is 0 Å². The maximum atomic E-state index is 14.4. The van der Waals surface area contributed by atoms with Gasteiger partial charge < -0.3 is 63.3 Å². The Morgan fingerprint density at radius 3 is 2.15 bits per heavy atom. The predicted molar refractivity (Wildman–Crippen MR) is 219 cm³/mol. The Balaban J connectivity index is 2.25. The fourth-order valence-corrected chi connectivity index (χ4v) is 9.31. The number of ether oxygens (including phenoxy) is 7. The van der Waals surface area contributed by atoms with Crippen molar-refractivity contribution < 1.29 is 68.0 Å². The molecule has 0 amide bonds. The summed E-state index contributed by atoms with van der Waals surface area (Å²) >= 11 is 0. The quantitative estimate of drug-likeness (QED) is 0.125. The lowest BCUT2D eigenvalue weighted by Gasteiger charge is -2.49. The number of esters is 2. The molecule has 4 N–H and O–H groups in total. The van der Waals surface area contributed by atoms with E-state index in [1.54, 1.807) is 48.5 Å². The van der Waals surface area contributed by atoms with Gasteiger partial charge in [0, 0.05) is 44.2 Å². The maximum absolute atomic E-state index is 14.4. The van der Waals surface area contributed by atoms with E-state index in [0.29, 0.717) is 18.7 Å². The molecule has 0 aliphatic carbocycles. The molecule has 59 heavy (non-hydrogen) atoms. The molecule has 3 saturated heterocycles. The number of carbonyl (C=O) groups excluding carboxylic acids is 2. The van der Waals surface area contributed by atoms with E-state index in [2.05, 4.69) is 5.16 Å². The minimum absolute atomic E-state index is 0.0121. The van der Waals surface area contributed by atoms with E-state index in [-0.39, 0.29) is 31.4 Å². The number of hydrogen-bond donors (Lipinski definition) is 4. The SMILES string of the molecule is CCCCO/N=C1\[C@H](C)CC(C)(O)[C@H](O[C@@H]2O[C@H](C)C[C@H](N(C)C)[C@H]2O)[C@@H](C)[C@H](O[C@H]2C[C@@](C)(OC)[C@@H](OC(C)=O)[C@H](C)O2)[C@@H](C)C(=O)O[C@@H](CC)[C@@](C)(O)[C@H](O)[C@@H]1C. The summed E-state index contributed by atoms with van der Waals surface area (Å²) in [6.07, 6.45) is -7.51. The molecule has 16 nitrogen and oxygen atoms in total. The zero-order chi connectivity index (χ0) is 44.8. The number of aliphatic hydroxyl groups is 4. The first kappa shape index (κ1) is 51.4. The molecule has 0 aromatic heterocycles. The van der Waals surface area contributed by atoms with Crippen LogP contribution in [0.1, 0.15) is 122 Å². The van der Waals surface area contributed by atoms with Gasteiger partial charge >= 0.3 is 11.9 Å². The number of nitrogens with zero attached hydrogens (tertiary/aromatic N) is 2. The van der Waals surface area contributed by atoms with Gasteiger partial charge in [-0.2, -0.15) is 0 Å². The molecule has 1 unspecified atom stereocenters. The maximum Gasteiger partial charge on any atom is 0.311 e. The van der Waals surface area contributed by atoms with Crippen molar-refractivity contribution in [2.75, 3.05) is 27.8 Å². The number of methoxy groups -OCH3 is 1.